The molecule has 0 atom stereocenters. The van der Waals surface area contributed by atoms with E-state index in [4.69, 9.17) is 5.53 Å². The average Bonchev–Trinajstić information content (AvgIpc) is 2.20. The number of halogens is 1. The first-order chi connectivity index (χ1) is 6.84. The number of rotatable bonds is 4. The lowest BCUT2D eigenvalue weighted by Gasteiger charge is -1.93. The van der Waals surface area contributed by atoms with Gasteiger partial charge in [-0.25, -0.2) is 4.98 Å². The van der Waals surface area contributed by atoms with Crippen molar-refractivity contribution in [2.75, 3.05) is 6.54 Å². The third-order valence-electron chi connectivity index (χ3n) is 1.54. The summed E-state index contributed by atoms with van der Waals surface area (Å²) in [7, 11) is 0. The molecule has 0 N–H and O–H groups in total. The van der Waals surface area contributed by atoms with Gasteiger partial charge in [-0.2, -0.15) is 4.39 Å². The van der Waals surface area contributed by atoms with Crippen LogP contribution in [0.25, 0.3) is 16.5 Å². The van der Waals surface area contributed by atoms with Crippen LogP contribution in [-0.2, 0) is 0 Å². The highest BCUT2D eigenvalue weighted by Gasteiger charge is 1.95. The van der Waals surface area contributed by atoms with Crippen molar-refractivity contribution >= 4 is 6.08 Å². The quantitative estimate of drug-likeness (QED) is 0.238. The zero-order chi connectivity index (χ0) is 10.2. The van der Waals surface area contributed by atoms with Crippen molar-refractivity contribution in [3.63, 3.8) is 0 Å². The average molecular weight is 192 g/mol. The normalized spacial score (nSPS) is 10.1. The molecule has 0 spiro atoms. The standard InChI is InChI=1S/C9H9FN4/c10-9-8(5-3-6-12-9)4-1-2-7-13-14-11/h1,3-6H,2,7H2. The Kier molecular flexibility index (Phi) is 4.17. The molecule has 0 radical (unpaired) electrons. The second-order valence-corrected chi connectivity index (χ2v) is 2.53. The van der Waals surface area contributed by atoms with Crippen LogP contribution in [-0.4, -0.2) is 11.5 Å². The first-order valence-electron chi connectivity index (χ1n) is 4.12. The van der Waals surface area contributed by atoms with Gasteiger partial charge < -0.3 is 0 Å². The van der Waals surface area contributed by atoms with Crippen molar-refractivity contribution in [2.24, 2.45) is 5.11 Å². The molecule has 1 heterocycles. The Morgan fingerprint density at radius 2 is 2.50 bits per heavy atom. The molecule has 0 aliphatic rings. The zero-order valence-electron chi connectivity index (χ0n) is 7.47. The molecule has 5 heteroatoms. The Labute approximate surface area is 80.7 Å². The maximum absolute atomic E-state index is 12.9. The fourth-order valence-corrected chi connectivity index (χ4v) is 0.910. The minimum Gasteiger partial charge on any atom is -0.228 e. The largest absolute Gasteiger partial charge is 0.228 e. The molecule has 4 nitrogen and oxygen atoms in total. The number of nitrogens with zero attached hydrogens (tertiary/aromatic N) is 4. The molecule has 0 fully saturated rings. The third kappa shape index (κ3) is 3.25. The minimum atomic E-state index is -0.493. The van der Waals surface area contributed by atoms with Crippen LogP contribution in [0.2, 0.25) is 0 Å². The van der Waals surface area contributed by atoms with E-state index >= 15 is 0 Å². The van der Waals surface area contributed by atoms with Crippen LogP contribution in [0.15, 0.2) is 29.5 Å². The summed E-state index contributed by atoms with van der Waals surface area (Å²) in [5, 5.41) is 3.35. The predicted octanol–water partition coefficient (Wildman–Crippen LogP) is 2.93. The summed E-state index contributed by atoms with van der Waals surface area (Å²) in [4.78, 5) is 6.10. The van der Waals surface area contributed by atoms with E-state index in [9.17, 15) is 4.39 Å². The van der Waals surface area contributed by atoms with Crippen molar-refractivity contribution in [3.8, 4) is 0 Å². The van der Waals surface area contributed by atoms with Gasteiger partial charge in [-0.05, 0) is 24.1 Å². The number of hydrogen-bond acceptors (Lipinski definition) is 2. The van der Waals surface area contributed by atoms with E-state index in [1.54, 1.807) is 24.3 Å². The maximum atomic E-state index is 12.9. The molecule has 1 aromatic heterocycles. The highest BCUT2D eigenvalue weighted by molar-refractivity contribution is 5.47. The van der Waals surface area contributed by atoms with Crippen LogP contribution in [0, 0.1) is 5.95 Å². The van der Waals surface area contributed by atoms with Gasteiger partial charge in [0.2, 0.25) is 5.95 Å². The Balaban J connectivity index is 2.51. The lowest BCUT2D eigenvalue weighted by molar-refractivity contribution is 0.581. The monoisotopic (exact) mass is 192 g/mol. The number of hydrogen-bond donors (Lipinski definition) is 0. The molecule has 72 valence electrons. The summed E-state index contributed by atoms with van der Waals surface area (Å²) < 4.78 is 12.9. The van der Waals surface area contributed by atoms with E-state index in [1.807, 2.05) is 0 Å². The van der Waals surface area contributed by atoms with Crippen LogP contribution >= 0.6 is 0 Å². The van der Waals surface area contributed by atoms with Crippen molar-refractivity contribution in [3.05, 3.63) is 46.4 Å². The Morgan fingerprint density at radius 3 is 3.21 bits per heavy atom. The third-order valence-corrected chi connectivity index (χ3v) is 1.54. The van der Waals surface area contributed by atoms with Crippen molar-refractivity contribution < 1.29 is 4.39 Å². The SMILES string of the molecule is [N-]=[N+]=NCCC=Cc1cccnc1F. The van der Waals surface area contributed by atoms with E-state index < -0.39 is 5.95 Å². The summed E-state index contributed by atoms with van der Waals surface area (Å²) in [6, 6.07) is 3.29. The lowest BCUT2D eigenvalue weighted by atomic mass is 10.2. The van der Waals surface area contributed by atoms with Gasteiger partial charge in [-0.1, -0.05) is 17.3 Å². The van der Waals surface area contributed by atoms with Crippen molar-refractivity contribution in [2.45, 2.75) is 6.42 Å². The number of pyridine rings is 1. The van der Waals surface area contributed by atoms with Crippen LogP contribution < -0.4 is 0 Å². The number of azide groups is 1. The topological polar surface area (TPSA) is 61.7 Å². The molecule has 0 aromatic carbocycles. The van der Waals surface area contributed by atoms with E-state index in [2.05, 4.69) is 15.0 Å². The van der Waals surface area contributed by atoms with Crippen LogP contribution in [0.5, 0.6) is 0 Å². The molecule has 0 aliphatic carbocycles. The van der Waals surface area contributed by atoms with Gasteiger partial charge in [0, 0.05) is 23.2 Å². The first kappa shape index (κ1) is 10.2. The molecule has 0 amide bonds. The molecule has 0 aliphatic heterocycles. The Bertz CT molecular complexity index is 369. The molecular weight excluding hydrogens is 183 g/mol. The fourth-order valence-electron chi connectivity index (χ4n) is 0.910. The van der Waals surface area contributed by atoms with E-state index in [0.717, 1.165) is 0 Å². The van der Waals surface area contributed by atoms with Gasteiger partial charge in [0.1, 0.15) is 0 Å². The smallest absolute Gasteiger partial charge is 0.220 e. The second-order valence-electron chi connectivity index (χ2n) is 2.53. The van der Waals surface area contributed by atoms with Crippen LogP contribution in [0.3, 0.4) is 0 Å². The van der Waals surface area contributed by atoms with Gasteiger partial charge in [0.05, 0.1) is 0 Å². The van der Waals surface area contributed by atoms with Gasteiger partial charge in [0.15, 0.2) is 0 Å². The molecule has 1 aromatic rings. The molecular formula is C9H9FN4. The zero-order valence-corrected chi connectivity index (χ0v) is 7.47. The highest BCUT2D eigenvalue weighted by Crippen LogP contribution is 2.05. The highest BCUT2D eigenvalue weighted by atomic mass is 19.1. The summed E-state index contributed by atoms with van der Waals surface area (Å²) in [6.45, 7) is 0.384. The summed E-state index contributed by atoms with van der Waals surface area (Å²) in [6.07, 6.45) is 5.36. The fraction of sp³-hybridized carbons (Fsp3) is 0.222. The second kappa shape index (κ2) is 5.72. The molecule has 1 rings (SSSR count). The van der Waals surface area contributed by atoms with Gasteiger partial charge in [-0.3, -0.25) is 0 Å². The first-order valence-corrected chi connectivity index (χ1v) is 4.12. The van der Waals surface area contributed by atoms with Crippen molar-refractivity contribution in [1.82, 2.24) is 4.98 Å². The molecule has 0 saturated heterocycles. The van der Waals surface area contributed by atoms with Crippen LogP contribution in [0.1, 0.15) is 12.0 Å². The van der Waals surface area contributed by atoms with E-state index in [-0.39, 0.29) is 0 Å². The van der Waals surface area contributed by atoms with Crippen LogP contribution in [0.4, 0.5) is 4.39 Å². The molecule has 14 heavy (non-hydrogen) atoms. The molecule has 0 unspecified atom stereocenters. The Morgan fingerprint density at radius 1 is 1.64 bits per heavy atom. The molecule has 0 saturated carbocycles. The van der Waals surface area contributed by atoms with Gasteiger partial charge in [0.25, 0.3) is 0 Å². The van der Waals surface area contributed by atoms with E-state index in [1.165, 1.54) is 6.20 Å². The summed E-state index contributed by atoms with van der Waals surface area (Å²) >= 11 is 0. The predicted molar refractivity (Wildman–Crippen MR) is 51.9 cm³/mol. The lowest BCUT2D eigenvalue weighted by Crippen LogP contribution is -1.85. The number of aromatic nitrogens is 1. The minimum absolute atomic E-state index is 0.384. The van der Waals surface area contributed by atoms with Gasteiger partial charge >= 0.3 is 0 Å². The van der Waals surface area contributed by atoms with Crippen molar-refractivity contribution in [1.29, 1.82) is 0 Å². The molecule has 0 bridgehead atoms. The summed E-state index contributed by atoms with van der Waals surface area (Å²) in [5.41, 5.74) is 8.43. The maximum Gasteiger partial charge on any atom is 0.220 e. The van der Waals surface area contributed by atoms with Gasteiger partial charge in [-0.15, -0.1) is 0 Å². The van der Waals surface area contributed by atoms with E-state index in [0.29, 0.717) is 18.5 Å². The Hall–Kier alpha value is -1.87. The summed E-state index contributed by atoms with van der Waals surface area (Å²) in [5.74, 6) is -0.493.